The predicted molar refractivity (Wildman–Crippen MR) is 125 cm³/mol. The number of hydrogen-bond donors (Lipinski definition) is 2. The molecule has 192 valence electrons. The molecule has 0 saturated carbocycles. The second-order valence-electron chi connectivity index (χ2n) is 8.58. The first-order chi connectivity index (χ1) is 17.3. The van der Waals surface area contributed by atoms with Crippen LogP contribution in [0.4, 0.5) is 11.4 Å². The number of benzene rings is 2. The summed E-state index contributed by atoms with van der Waals surface area (Å²) in [6, 6.07) is 4.65. The van der Waals surface area contributed by atoms with E-state index < -0.39 is 38.5 Å². The van der Waals surface area contributed by atoms with Crippen molar-refractivity contribution in [2.24, 2.45) is 0 Å². The normalized spacial score (nSPS) is 17.1. The number of nitro groups is 2. The van der Waals surface area contributed by atoms with Crippen LogP contribution in [-0.2, 0) is 22.6 Å². The maximum absolute atomic E-state index is 13.6. The fraction of sp³-hybridized carbons (Fsp3) is 0.435. The number of aromatic hydroxyl groups is 2. The quantitative estimate of drug-likeness (QED) is 0.307. The van der Waals surface area contributed by atoms with E-state index in [1.54, 1.807) is 0 Å². The minimum absolute atomic E-state index is 0.0121. The molecule has 13 nitrogen and oxygen atoms in total. The highest BCUT2D eigenvalue weighted by atomic mass is 16.6. The van der Waals surface area contributed by atoms with Gasteiger partial charge in [0.1, 0.15) is 0 Å². The van der Waals surface area contributed by atoms with Gasteiger partial charge in [-0.15, -0.1) is 0 Å². The zero-order valence-electron chi connectivity index (χ0n) is 19.4. The molecule has 2 saturated heterocycles. The number of hydrogen-bond acceptors (Lipinski definition) is 11. The van der Waals surface area contributed by atoms with Crippen LogP contribution in [0, 0.1) is 20.2 Å². The van der Waals surface area contributed by atoms with Crippen molar-refractivity contribution in [3.63, 3.8) is 0 Å². The lowest BCUT2D eigenvalue weighted by molar-refractivity contribution is -0.386. The van der Waals surface area contributed by atoms with Crippen LogP contribution in [0.15, 0.2) is 24.3 Å². The van der Waals surface area contributed by atoms with E-state index in [-0.39, 0.29) is 35.3 Å². The molecule has 2 fully saturated rings. The summed E-state index contributed by atoms with van der Waals surface area (Å²) in [7, 11) is 0. The van der Waals surface area contributed by atoms with Gasteiger partial charge in [-0.2, -0.15) is 0 Å². The lowest BCUT2D eigenvalue weighted by atomic mass is 9.94. The van der Waals surface area contributed by atoms with Gasteiger partial charge in [-0.25, -0.2) is 0 Å². The molecule has 2 aromatic rings. The third kappa shape index (κ3) is 5.44. The highest BCUT2D eigenvalue weighted by Crippen LogP contribution is 2.37. The number of ether oxygens (including phenoxy) is 2. The molecule has 0 atom stereocenters. The summed E-state index contributed by atoms with van der Waals surface area (Å²) in [5.41, 5.74) is -0.984. The molecule has 2 N–H and O–H groups in total. The molecule has 0 aromatic heterocycles. The fourth-order valence-electron chi connectivity index (χ4n) is 4.35. The van der Waals surface area contributed by atoms with Gasteiger partial charge < -0.3 is 19.7 Å². The first-order valence-electron chi connectivity index (χ1n) is 11.4. The molecule has 0 amide bonds. The largest absolute Gasteiger partial charge is 0.502 e. The number of nitro benzene ring substituents is 2. The van der Waals surface area contributed by atoms with Gasteiger partial charge in [0, 0.05) is 73.7 Å². The first kappa shape index (κ1) is 25.4. The zero-order valence-corrected chi connectivity index (χ0v) is 19.4. The third-order valence-corrected chi connectivity index (χ3v) is 6.31. The molecule has 0 radical (unpaired) electrons. The minimum atomic E-state index is -0.767. The maximum atomic E-state index is 13.6. The molecule has 13 heteroatoms. The Labute approximate surface area is 205 Å². The van der Waals surface area contributed by atoms with Crippen molar-refractivity contribution in [3.8, 4) is 11.5 Å². The van der Waals surface area contributed by atoms with Gasteiger partial charge in [0.05, 0.1) is 36.3 Å². The van der Waals surface area contributed by atoms with E-state index in [1.807, 2.05) is 9.80 Å². The standard InChI is InChI=1S/C23H26N4O9/c28-21(15-11-16(13-24-3-7-35-8-4-24)22(29)20(12-15)27(33)34)17-1-2-19(26(31)32)23(30)18(17)14-25-5-9-36-10-6-25/h1-2,11-12,29-30H,3-10,13-14H2. The Morgan fingerprint density at radius 3 is 1.94 bits per heavy atom. The Morgan fingerprint density at radius 2 is 1.39 bits per heavy atom. The summed E-state index contributed by atoms with van der Waals surface area (Å²) in [5, 5.41) is 44.3. The Balaban J connectivity index is 1.75. The Morgan fingerprint density at radius 1 is 0.833 bits per heavy atom. The van der Waals surface area contributed by atoms with E-state index in [1.165, 1.54) is 12.1 Å². The van der Waals surface area contributed by atoms with Crippen molar-refractivity contribution in [1.29, 1.82) is 0 Å². The van der Waals surface area contributed by atoms with Gasteiger partial charge in [-0.3, -0.25) is 34.8 Å². The van der Waals surface area contributed by atoms with Crippen molar-refractivity contribution >= 4 is 17.2 Å². The van der Waals surface area contributed by atoms with Crippen LogP contribution in [0.2, 0.25) is 0 Å². The number of morpholine rings is 2. The molecule has 2 aliphatic rings. The summed E-state index contributed by atoms with van der Waals surface area (Å²) in [6.07, 6.45) is 0. The van der Waals surface area contributed by atoms with Gasteiger partial charge in [-0.05, 0) is 12.1 Å². The maximum Gasteiger partial charge on any atom is 0.311 e. The van der Waals surface area contributed by atoms with Crippen LogP contribution >= 0.6 is 0 Å². The summed E-state index contributed by atoms with van der Waals surface area (Å²) < 4.78 is 10.6. The van der Waals surface area contributed by atoms with Crippen molar-refractivity contribution in [2.45, 2.75) is 13.1 Å². The summed E-state index contributed by atoms with van der Waals surface area (Å²) in [5.74, 6) is -1.81. The number of carbonyl (C=O) groups is 1. The topological polar surface area (TPSA) is 169 Å². The molecule has 0 aliphatic carbocycles. The highest BCUT2D eigenvalue weighted by Gasteiger charge is 2.29. The van der Waals surface area contributed by atoms with Crippen molar-refractivity contribution < 1.29 is 34.3 Å². The number of phenolic OH excluding ortho intramolecular Hbond substituents is 2. The Hall–Kier alpha value is -3.65. The smallest absolute Gasteiger partial charge is 0.311 e. The van der Waals surface area contributed by atoms with Gasteiger partial charge in [0.15, 0.2) is 17.3 Å². The third-order valence-electron chi connectivity index (χ3n) is 6.31. The molecule has 0 unspecified atom stereocenters. The molecular formula is C23H26N4O9. The van der Waals surface area contributed by atoms with E-state index >= 15 is 0 Å². The van der Waals surface area contributed by atoms with Gasteiger partial charge in [-0.1, -0.05) is 0 Å². The SMILES string of the molecule is O=C(c1cc(CN2CCOCC2)c(O)c([N+](=O)[O-])c1)c1ccc([N+](=O)[O-])c(O)c1CN1CCOCC1. The average molecular weight is 502 g/mol. The Bertz CT molecular complexity index is 1170. The Kier molecular flexibility index (Phi) is 7.74. The molecule has 2 aliphatic heterocycles. The van der Waals surface area contributed by atoms with Gasteiger partial charge in [0.2, 0.25) is 0 Å². The predicted octanol–water partition coefficient (Wildman–Crippen LogP) is 1.81. The summed E-state index contributed by atoms with van der Waals surface area (Å²) in [6.45, 7) is 4.19. The second-order valence-corrected chi connectivity index (χ2v) is 8.58. The van der Waals surface area contributed by atoms with Gasteiger partial charge in [0.25, 0.3) is 0 Å². The summed E-state index contributed by atoms with van der Waals surface area (Å²) in [4.78, 5) is 39.0. The van der Waals surface area contributed by atoms with E-state index in [9.17, 15) is 35.2 Å². The molecule has 2 aromatic carbocycles. The number of carbonyl (C=O) groups excluding carboxylic acids is 1. The molecule has 2 heterocycles. The average Bonchev–Trinajstić information content (AvgIpc) is 2.87. The fourth-order valence-corrected chi connectivity index (χ4v) is 4.35. The van der Waals surface area contributed by atoms with Crippen molar-refractivity contribution in [3.05, 3.63) is 66.7 Å². The molecule has 0 bridgehead atoms. The lowest BCUT2D eigenvalue weighted by Crippen LogP contribution is -2.36. The molecule has 4 rings (SSSR count). The molecule has 36 heavy (non-hydrogen) atoms. The van der Waals surface area contributed by atoms with Crippen LogP contribution in [-0.4, -0.2) is 88.2 Å². The minimum Gasteiger partial charge on any atom is -0.502 e. The number of phenols is 2. The van der Waals surface area contributed by atoms with Crippen LogP contribution in [0.5, 0.6) is 11.5 Å². The number of ketones is 1. The second kappa shape index (κ2) is 11.0. The van der Waals surface area contributed by atoms with E-state index in [4.69, 9.17) is 9.47 Å². The monoisotopic (exact) mass is 502 g/mol. The van der Waals surface area contributed by atoms with Crippen LogP contribution in [0.25, 0.3) is 0 Å². The lowest BCUT2D eigenvalue weighted by Gasteiger charge is -2.27. The van der Waals surface area contributed by atoms with Crippen LogP contribution in [0.1, 0.15) is 27.0 Å². The van der Waals surface area contributed by atoms with Crippen molar-refractivity contribution in [2.75, 3.05) is 52.6 Å². The first-order valence-corrected chi connectivity index (χ1v) is 11.4. The zero-order chi connectivity index (χ0) is 25.8. The van der Waals surface area contributed by atoms with Crippen molar-refractivity contribution in [1.82, 2.24) is 9.80 Å². The van der Waals surface area contributed by atoms with Gasteiger partial charge >= 0.3 is 11.4 Å². The number of nitrogens with zero attached hydrogens (tertiary/aromatic N) is 4. The van der Waals surface area contributed by atoms with Crippen LogP contribution < -0.4 is 0 Å². The summed E-state index contributed by atoms with van der Waals surface area (Å²) >= 11 is 0. The van der Waals surface area contributed by atoms with E-state index in [2.05, 4.69) is 0 Å². The van der Waals surface area contributed by atoms with Crippen LogP contribution in [0.3, 0.4) is 0 Å². The van der Waals surface area contributed by atoms with E-state index in [0.717, 1.165) is 12.1 Å². The molecule has 0 spiro atoms. The van der Waals surface area contributed by atoms with E-state index in [0.29, 0.717) is 52.6 Å². The highest BCUT2D eigenvalue weighted by molar-refractivity contribution is 6.11. The number of rotatable bonds is 8. The molecular weight excluding hydrogens is 476 g/mol.